The minimum absolute atomic E-state index is 0.0820. The zero-order valence-corrected chi connectivity index (χ0v) is 13.0. The van der Waals surface area contributed by atoms with Crippen LogP contribution in [0, 0.1) is 13.8 Å². The first-order valence-corrected chi connectivity index (χ1v) is 7.40. The Labute approximate surface area is 129 Å². The highest BCUT2D eigenvalue weighted by Crippen LogP contribution is 2.31. The molecule has 0 saturated carbocycles. The monoisotopic (exact) mass is 293 g/mol. The van der Waals surface area contributed by atoms with E-state index in [1.165, 1.54) is 11.1 Å². The van der Waals surface area contributed by atoms with Crippen molar-refractivity contribution in [1.29, 1.82) is 0 Å². The molecule has 0 amide bonds. The molecule has 0 saturated heterocycles. The number of para-hydroxylation sites is 1. The molecule has 22 heavy (non-hydrogen) atoms. The molecule has 0 radical (unpaired) electrons. The summed E-state index contributed by atoms with van der Waals surface area (Å²) in [7, 11) is 0. The highest BCUT2D eigenvalue weighted by atomic mass is 16.4. The maximum Gasteiger partial charge on any atom is 0.338 e. The molecule has 0 bridgehead atoms. The van der Waals surface area contributed by atoms with Crippen LogP contribution in [0.15, 0.2) is 48.5 Å². The molecule has 1 atom stereocenters. The van der Waals surface area contributed by atoms with Crippen LogP contribution in [0.2, 0.25) is 0 Å². The van der Waals surface area contributed by atoms with E-state index in [2.05, 4.69) is 42.7 Å². The molecule has 1 heterocycles. The Morgan fingerprint density at radius 1 is 1.05 bits per heavy atom. The quantitative estimate of drug-likeness (QED) is 0.769. The summed E-state index contributed by atoms with van der Waals surface area (Å²) >= 11 is 0. The van der Waals surface area contributed by atoms with Crippen LogP contribution in [0.1, 0.15) is 40.1 Å². The summed E-state index contributed by atoms with van der Waals surface area (Å²) in [6.07, 6.45) is 0. The van der Waals surface area contributed by atoms with E-state index < -0.39 is 5.97 Å². The molecule has 0 aliphatic heterocycles. The van der Waals surface area contributed by atoms with Crippen LogP contribution in [-0.2, 0) is 0 Å². The first kappa shape index (κ1) is 14.4. The van der Waals surface area contributed by atoms with Gasteiger partial charge in [0.1, 0.15) is 0 Å². The minimum atomic E-state index is -0.872. The summed E-state index contributed by atoms with van der Waals surface area (Å²) in [4.78, 5) is 11.6. The molecular weight excluding hydrogens is 274 g/mol. The fraction of sp³-hybridized carbons (Fsp3) is 0.211. The van der Waals surface area contributed by atoms with Crippen LogP contribution in [0.5, 0.6) is 0 Å². The molecule has 112 valence electrons. The lowest BCUT2D eigenvalue weighted by atomic mass is 10.1. The average Bonchev–Trinajstić information content (AvgIpc) is 2.79. The number of carboxylic acids is 1. The topological polar surface area (TPSA) is 42.2 Å². The number of carboxylic acid groups (broad SMARTS) is 1. The van der Waals surface area contributed by atoms with E-state index in [9.17, 15) is 9.90 Å². The number of aromatic carboxylic acids is 1. The lowest BCUT2D eigenvalue weighted by Gasteiger charge is -2.18. The standard InChI is InChI=1S/C19H19NO2/c1-12-8-10-15(11-9-12)13(2)20-14(3)18(19(21)22)16-6-4-5-7-17(16)20/h4-11,13H,1-3H3,(H,21,22). The molecule has 0 fully saturated rings. The number of rotatable bonds is 3. The first-order chi connectivity index (χ1) is 10.5. The SMILES string of the molecule is Cc1ccc(C(C)n2c(C)c(C(=O)O)c3ccccc32)cc1. The van der Waals surface area contributed by atoms with Gasteiger partial charge in [0, 0.05) is 16.6 Å². The predicted molar refractivity (Wildman–Crippen MR) is 88.6 cm³/mol. The van der Waals surface area contributed by atoms with Crippen molar-refractivity contribution in [3.05, 3.63) is 70.9 Å². The predicted octanol–water partition coefficient (Wildman–Crippen LogP) is 4.57. The van der Waals surface area contributed by atoms with Gasteiger partial charge in [-0.25, -0.2) is 4.79 Å². The molecule has 1 aromatic heterocycles. The van der Waals surface area contributed by atoms with Crippen LogP contribution >= 0.6 is 0 Å². The van der Waals surface area contributed by atoms with Crippen molar-refractivity contribution >= 4 is 16.9 Å². The Hall–Kier alpha value is -2.55. The Morgan fingerprint density at radius 2 is 1.68 bits per heavy atom. The highest BCUT2D eigenvalue weighted by Gasteiger charge is 2.22. The lowest BCUT2D eigenvalue weighted by Crippen LogP contribution is -2.09. The number of fused-ring (bicyclic) bond motifs is 1. The van der Waals surface area contributed by atoms with Gasteiger partial charge < -0.3 is 9.67 Å². The molecular formula is C19H19NO2. The molecule has 0 aliphatic carbocycles. The number of benzene rings is 2. The minimum Gasteiger partial charge on any atom is -0.478 e. The second-order valence-corrected chi connectivity index (χ2v) is 5.74. The molecule has 2 aromatic carbocycles. The number of carbonyl (C=O) groups is 1. The molecule has 1 unspecified atom stereocenters. The largest absolute Gasteiger partial charge is 0.478 e. The van der Waals surface area contributed by atoms with Crippen LogP contribution in [-0.4, -0.2) is 15.6 Å². The van der Waals surface area contributed by atoms with E-state index in [0.29, 0.717) is 5.56 Å². The van der Waals surface area contributed by atoms with E-state index in [-0.39, 0.29) is 6.04 Å². The summed E-state index contributed by atoms with van der Waals surface area (Å²) < 4.78 is 2.11. The number of aryl methyl sites for hydroxylation is 1. The van der Waals surface area contributed by atoms with Crippen LogP contribution in [0.25, 0.3) is 10.9 Å². The molecule has 3 nitrogen and oxygen atoms in total. The van der Waals surface area contributed by atoms with Crippen molar-refractivity contribution in [1.82, 2.24) is 4.57 Å². The van der Waals surface area contributed by atoms with Crippen molar-refractivity contribution in [2.75, 3.05) is 0 Å². The van der Waals surface area contributed by atoms with E-state index in [4.69, 9.17) is 0 Å². The zero-order valence-electron chi connectivity index (χ0n) is 13.0. The third kappa shape index (κ3) is 2.19. The van der Waals surface area contributed by atoms with Crippen molar-refractivity contribution in [3.63, 3.8) is 0 Å². The maximum atomic E-state index is 11.6. The van der Waals surface area contributed by atoms with Gasteiger partial charge in [0.2, 0.25) is 0 Å². The third-order valence-electron chi connectivity index (χ3n) is 4.32. The van der Waals surface area contributed by atoms with Gasteiger partial charge >= 0.3 is 5.97 Å². The maximum absolute atomic E-state index is 11.6. The van der Waals surface area contributed by atoms with Crippen molar-refractivity contribution in [2.45, 2.75) is 26.8 Å². The van der Waals surface area contributed by atoms with E-state index in [0.717, 1.165) is 16.6 Å². The van der Waals surface area contributed by atoms with Gasteiger partial charge in [-0.1, -0.05) is 48.0 Å². The Bertz CT molecular complexity index is 844. The van der Waals surface area contributed by atoms with E-state index in [1.54, 1.807) is 0 Å². The molecule has 3 rings (SSSR count). The summed E-state index contributed by atoms with van der Waals surface area (Å²) in [5.41, 5.74) is 4.55. The third-order valence-corrected chi connectivity index (χ3v) is 4.32. The van der Waals surface area contributed by atoms with E-state index >= 15 is 0 Å². The molecule has 0 aliphatic rings. The molecule has 3 aromatic rings. The van der Waals surface area contributed by atoms with Gasteiger partial charge in [-0.3, -0.25) is 0 Å². The Balaban J connectivity index is 2.24. The van der Waals surface area contributed by atoms with Gasteiger partial charge in [0.25, 0.3) is 0 Å². The van der Waals surface area contributed by atoms with Crippen LogP contribution in [0.3, 0.4) is 0 Å². The Kier molecular flexibility index (Phi) is 3.49. The average molecular weight is 293 g/mol. The molecule has 3 heteroatoms. The second kappa shape index (κ2) is 5.34. The van der Waals surface area contributed by atoms with Gasteiger partial charge in [0.05, 0.1) is 11.6 Å². The van der Waals surface area contributed by atoms with Gasteiger partial charge in [-0.15, -0.1) is 0 Å². The van der Waals surface area contributed by atoms with Crippen molar-refractivity contribution in [3.8, 4) is 0 Å². The van der Waals surface area contributed by atoms with Crippen LogP contribution in [0.4, 0.5) is 0 Å². The van der Waals surface area contributed by atoms with Gasteiger partial charge in [0.15, 0.2) is 0 Å². The van der Waals surface area contributed by atoms with Crippen molar-refractivity contribution < 1.29 is 9.90 Å². The summed E-state index contributed by atoms with van der Waals surface area (Å²) in [6.45, 7) is 6.05. The smallest absolute Gasteiger partial charge is 0.338 e. The fourth-order valence-corrected chi connectivity index (χ4v) is 3.15. The van der Waals surface area contributed by atoms with E-state index in [1.807, 2.05) is 31.2 Å². The molecule has 1 N–H and O–H groups in total. The lowest BCUT2D eigenvalue weighted by molar-refractivity contribution is 0.0698. The normalized spacial score (nSPS) is 12.5. The van der Waals surface area contributed by atoms with Gasteiger partial charge in [-0.05, 0) is 32.4 Å². The number of aromatic nitrogens is 1. The van der Waals surface area contributed by atoms with Crippen LogP contribution < -0.4 is 0 Å². The van der Waals surface area contributed by atoms with Gasteiger partial charge in [-0.2, -0.15) is 0 Å². The number of nitrogens with zero attached hydrogens (tertiary/aromatic N) is 1. The zero-order chi connectivity index (χ0) is 15.9. The Morgan fingerprint density at radius 3 is 2.32 bits per heavy atom. The summed E-state index contributed by atoms with van der Waals surface area (Å²) in [5, 5.41) is 10.4. The highest BCUT2D eigenvalue weighted by molar-refractivity contribution is 6.05. The fourth-order valence-electron chi connectivity index (χ4n) is 3.15. The number of hydrogen-bond donors (Lipinski definition) is 1. The molecule has 0 spiro atoms. The summed E-state index contributed by atoms with van der Waals surface area (Å²) in [6, 6.07) is 16.2. The summed E-state index contributed by atoms with van der Waals surface area (Å²) in [5.74, 6) is -0.872. The van der Waals surface area contributed by atoms with Crippen molar-refractivity contribution in [2.24, 2.45) is 0 Å². The second-order valence-electron chi connectivity index (χ2n) is 5.74. The number of hydrogen-bond acceptors (Lipinski definition) is 1. The first-order valence-electron chi connectivity index (χ1n) is 7.40.